The first-order chi connectivity index (χ1) is 8.22. The third kappa shape index (κ3) is 2.76. The van der Waals surface area contributed by atoms with Crippen molar-refractivity contribution in [3.63, 3.8) is 0 Å². The fourth-order valence-corrected chi connectivity index (χ4v) is 2.04. The number of rotatable bonds is 2. The normalized spacial score (nSPS) is 20.4. The van der Waals surface area contributed by atoms with E-state index in [-0.39, 0.29) is 12.0 Å². The molecule has 2 rings (SSSR count). The quantitative estimate of drug-likeness (QED) is 0.811. The number of morpholine rings is 1. The zero-order chi connectivity index (χ0) is 12.3. The highest BCUT2D eigenvalue weighted by molar-refractivity contribution is 6.33. The lowest BCUT2D eigenvalue weighted by Crippen LogP contribution is -2.45. The molecule has 0 spiro atoms. The van der Waals surface area contributed by atoms with Crippen LogP contribution in [-0.4, -0.2) is 41.6 Å². The molecule has 0 aliphatic carbocycles. The van der Waals surface area contributed by atoms with Gasteiger partial charge in [-0.25, -0.2) is 0 Å². The summed E-state index contributed by atoms with van der Waals surface area (Å²) in [6.07, 6.45) is 4.13. The molecule has 1 fully saturated rings. The Morgan fingerprint density at radius 2 is 2.53 bits per heavy atom. The Balaban J connectivity index is 2.12. The van der Waals surface area contributed by atoms with E-state index in [1.54, 1.807) is 17.2 Å². The van der Waals surface area contributed by atoms with E-state index in [1.807, 2.05) is 0 Å². The minimum atomic E-state index is -0.0650. The van der Waals surface area contributed by atoms with Crippen molar-refractivity contribution in [2.75, 3.05) is 19.7 Å². The van der Waals surface area contributed by atoms with E-state index in [1.165, 1.54) is 6.20 Å². The number of pyridine rings is 1. The molecule has 1 atom stereocenters. The summed E-state index contributed by atoms with van der Waals surface area (Å²) in [4.78, 5) is 17.9. The zero-order valence-corrected chi connectivity index (χ0v) is 10.5. The van der Waals surface area contributed by atoms with E-state index in [4.69, 9.17) is 16.3 Å². The predicted molar refractivity (Wildman–Crippen MR) is 65.2 cm³/mol. The van der Waals surface area contributed by atoms with Crippen LogP contribution >= 0.6 is 11.6 Å². The number of carbonyl (C=O) groups is 1. The second kappa shape index (κ2) is 5.47. The first-order valence-electron chi connectivity index (χ1n) is 5.72. The molecule has 17 heavy (non-hydrogen) atoms. The Bertz CT molecular complexity index is 411. The van der Waals surface area contributed by atoms with Gasteiger partial charge in [-0.1, -0.05) is 18.5 Å². The second-order valence-electron chi connectivity index (χ2n) is 4.01. The van der Waals surface area contributed by atoms with Crippen molar-refractivity contribution in [3.8, 4) is 0 Å². The van der Waals surface area contributed by atoms with Gasteiger partial charge in [-0.2, -0.15) is 0 Å². The molecule has 0 saturated carbocycles. The van der Waals surface area contributed by atoms with Crippen LogP contribution in [0.15, 0.2) is 18.5 Å². The summed E-state index contributed by atoms with van der Waals surface area (Å²) in [5.74, 6) is -0.0650. The van der Waals surface area contributed by atoms with Gasteiger partial charge >= 0.3 is 0 Å². The van der Waals surface area contributed by atoms with E-state index in [0.29, 0.717) is 30.3 Å². The van der Waals surface area contributed by atoms with Gasteiger partial charge in [0, 0.05) is 25.5 Å². The molecule has 0 aromatic carbocycles. The third-order valence-electron chi connectivity index (χ3n) is 2.88. The van der Waals surface area contributed by atoms with Crippen molar-refractivity contribution in [2.45, 2.75) is 19.4 Å². The molecule has 1 aromatic heterocycles. The minimum Gasteiger partial charge on any atom is -0.375 e. The number of carbonyl (C=O) groups excluding carboxylic acids is 1. The molecule has 0 N–H and O–H groups in total. The molecule has 1 saturated heterocycles. The van der Waals surface area contributed by atoms with Crippen molar-refractivity contribution in [2.24, 2.45) is 0 Å². The highest BCUT2D eigenvalue weighted by Crippen LogP contribution is 2.18. The van der Waals surface area contributed by atoms with E-state index in [9.17, 15) is 4.79 Å². The first kappa shape index (κ1) is 12.3. The van der Waals surface area contributed by atoms with Crippen molar-refractivity contribution in [3.05, 3.63) is 29.0 Å². The molecule has 1 aliphatic rings. The lowest BCUT2D eigenvalue weighted by molar-refractivity contribution is -0.0226. The molecule has 4 nitrogen and oxygen atoms in total. The number of hydrogen-bond donors (Lipinski definition) is 0. The highest BCUT2D eigenvalue weighted by Gasteiger charge is 2.25. The summed E-state index contributed by atoms with van der Waals surface area (Å²) in [7, 11) is 0. The van der Waals surface area contributed by atoms with Gasteiger partial charge in [-0.15, -0.1) is 0 Å². The Kier molecular flexibility index (Phi) is 3.97. The number of hydrogen-bond acceptors (Lipinski definition) is 3. The maximum absolute atomic E-state index is 12.2. The predicted octanol–water partition coefficient (Wildman–Crippen LogP) is 1.99. The second-order valence-corrected chi connectivity index (χ2v) is 4.41. The average Bonchev–Trinajstić information content (AvgIpc) is 2.38. The highest BCUT2D eigenvalue weighted by atomic mass is 35.5. The lowest BCUT2D eigenvalue weighted by Gasteiger charge is -2.32. The minimum absolute atomic E-state index is 0.0650. The van der Waals surface area contributed by atoms with E-state index >= 15 is 0 Å². The van der Waals surface area contributed by atoms with Crippen LogP contribution in [0.2, 0.25) is 5.02 Å². The van der Waals surface area contributed by atoms with Crippen LogP contribution in [0.5, 0.6) is 0 Å². The Morgan fingerprint density at radius 1 is 1.71 bits per heavy atom. The number of amides is 1. The van der Waals surface area contributed by atoms with Crippen LogP contribution < -0.4 is 0 Å². The lowest BCUT2D eigenvalue weighted by atomic mass is 10.2. The van der Waals surface area contributed by atoms with Gasteiger partial charge < -0.3 is 9.64 Å². The van der Waals surface area contributed by atoms with Crippen molar-refractivity contribution < 1.29 is 9.53 Å². The van der Waals surface area contributed by atoms with Crippen LogP contribution in [-0.2, 0) is 4.74 Å². The van der Waals surface area contributed by atoms with Gasteiger partial charge in [-0.05, 0) is 12.5 Å². The van der Waals surface area contributed by atoms with E-state index in [0.717, 1.165) is 6.42 Å². The van der Waals surface area contributed by atoms with E-state index < -0.39 is 0 Å². The molecule has 0 radical (unpaired) electrons. The topological polar surface area (TPSA) is 42.4 Å². The molecule has 1 aromatic rings. The maximum Gasteiger partial charge on any atom is 0.257 e. The van der Waals surface area contributed by atoms with Gasteiger partial charge in [0.05, 0.1) is 23.3 Å². The first-order valence-corrected chi connectivity index (χ1v) is 6.10. The molecule has 1 amide bonds. The number of nitrogens with zero attached hydrogens (tertiary/aromatic N) is 2. The number of ether oxygens (including phenoxy) is 1. The summed E-state index contributed by atoms with van der Waals surface area (Å²) in [6.45, 7) is 3.87. The van der Waals surface area contributed by atoms with E-state index in [2.05, 4.69) is 11.9 Å². The van der Waals surface area contributed by atoms with Crippen molar-refractivity contribution >= 4 is 17.5 Å². The largest absolute Gasteiger partial charge is 0.375 e. The molecule has 5 heteroatoms. The standard InChI is InChI=1S/C12H15ClN2O2/c1-2-9-8-15(5-6-17-9)12(16)10-7-14-4-3-11(10)13/h3-4,7,9H,2,5-6,8H2,1H3. The van der Waals surface area contributed by atoms with Gasteiger partial charge in [-0.3, -0.25) is 9.78 Å². The third-order valence-corrected chi connectivity index (χ3v) is 3.21. The van der Waals surface area contributed by atoms with Crippen molar-refractivity contribution in [1.29, 1.82) is 0 Å². The summed E-state index contributed by atoms with van der Waals surface area (Å²) in [5.41, 5.74) is 0.464. The maximum atomic E-state index is 12.2. The Hall–Kier alpha value is -1.13. The number of aromatic nitrogens is 1. The van der Waals surface area contributed by atoms with Crippen LogP contribution in [0.3, 0.4) is 0 Å². The molecular weight excluding hydrogens is 240 g/mol. The van der Waals surface area contributed by atoms with Crippen LogP contribution in [0, 0.1) is 0 Å². The molecular formula is C12H15ClN2O2. The monoisotopic (exact) mass is 254 g/mol. The smallest absolute Gasteiger partial charge is 0.257 e. The van der Waals surface area contributed by atoms with Gasteiger partial charge in [0.15, 0.2) is 0 Å². The van der Waals surface area contributed by atoms with Crippen LogP contribution in [0.25, 0.3) is 0 Å². The average molecular weight is 255 g/mol. The van der Waals surface area contributed by atoms with Gasteiger partial charge in [0.25, 0.3) is 5.91 Å². The summed E-state index contributed by atoms with van der Waals surface area (Å²) >= 11 is 5.99. The Morgan fingerprint density at radius 3 is 3.24 bits per heavy atom. The molecule has 2 heterocycles. The fourth-order valence-electron chi connectivity index (χ4n) is 1.86. The molecule has 92 valence electrons. The van der Waals surface area contributed by atoms with Crippen LogP contribution in [0.1, 0.15) is 23.7 Å². The van der Waals surface area contributed by atoms with Gasteiger partial charge in [0.2, 0.25) is 0 Å². The number of halogens is 1. The summed E-state index contributed by atoms with van der Waals surface area (Å²) < 4.78 is 5.53. The fraction of sp³-hybridized carbons (Fsp3) is 0.500. The molecule has 1 aliphatic heterocycles. The molecule has 1 unspecified atom stereocenters. The van der Waals surface area contributed by atoms with Gasteiger partial charge in [0.1, 0.15) is 0 Å². The zero-order valence-electron chi connectivity index (χ0n) is 9.73. The summed E-state index contributed by atoms with van der Waals surface area (Å²) in [5, 5.41) is 0.449. The summed E-state index contributed by atoms with van der Waals surface area (Å²) in [6, 6.07) is 1.63. The SMILES string of the molecule is CCC1CN(C(=O)c2cnccc2Cl)CCO1. The Labute approximate surface area is 106 Å². The molecule has 0 bridgehead atoms. The van der Waals surface area contributed by atoms with Crippen molar-refractivity contribution in [1.82, 2.24) is 9.88 Å². The van der Waals surface area contributed by atoms with Crippen LogP contribution in [0.4, 0.5) is 0 Å².